The predicted octanol–water partition coefficient (Wildman–Crippen LogP) is 2.05. The van der Waals surface area contributed by atoms with Crippen LogP contribution >= 0.6 is 15.9 Å². The Morgan fingerprint density at radius 2 is 2.38 bits per heavy atom. The molecule has 0 spiro atoms. The van der Waals surface area contributed by atoms with Crippen molar-refractivity contribution in [2.24, 2.45) is 0 Å². The highest BCUT2D eigenvalue weighted by Gasteiger charge is 2.17. The first-order valence-electron chi connectivity index (χ1n) is 4.75. The lowest BCUT2D eigenvalue weighted by Gasteiger charge is -2.31. The Hall–Kier alpha value is 0.140. The van der Waals surface area contributed by atoms with Crippen LogP contribution in [0, 0.1) is 0 Å². The van der Waals surface area contributed by atoms with E-state index in [0.29, 0.717) is 6.10 Å². The van der Waals surface area contributed by atoms with Gasteiger partial charge in [-0.05, 0) is 13.8 Å². The molecule has 0 amide bonds. The van der Waals surface area contributed by atoms with Crippen molar-refractivity contribution in [1.82, 2.24) is 4.90 Å². The average Bonchev–Trinajstić information content (AvgIpc) is 2.15. The molecule has 1 unspecified atom stereocenters. The first-order valence-corrected chi connectivity index (χ1v) is 5.88. The highest BCUT2D eigenvalue weighted by molar-refractivity contribution is 9.09. The number of allylic oxidation sites excluding steroid dienone is 1. The van der Waals surface area contributed by atoms with Crippen LogP contribution in [0.25, 0.3) is 0 Å². The third kappa shape index (κ3) is 4.25. The van der Waals surface area contributed by atoms with Crippen molar-refractivity contribution in [1.29, 1.82) is 0 Å². The highest BCUT2D eigenvalue weighted by atomic mass is 79.9. The summed E-state index contributed by atoms with van der Waals surface area (Å²) in [6.07, 6.45) is 2.65. The first-order chi connectivity index (χ1) is 6.22. The van der Waals surface area contributed by atoms with Gasteiger partial charge in [-0.15, -0.1) is 0 Å². The van der Waals surface area contributed by atoms with Crippen molar-refractivity contribution < 1.29 is 4.74 Å². The van der Waals surface area contributed by atoms with Crippen molar-refractivity contribution in [3.8, 4) is 0 Å². The molecule has 1 rings (SSSR count). The lowest BCUT2D eigenvalue weighted by atomic mass is 10.2. The van der Waals surface area contributed by atoms with E-state index in [9.17, 15) is 0 Å². The SMILES string of the molecule is CC(C)=CCN1CCOC(CBr)C1. The molecule has 3 heteroatoms. The van der Waals surface area contributed by atoms with Crippen LogP contribution in [-0.4, -0.2) is 42.6 Å². The second kappa shape index (κ2) is 5.78. The Kier molecular flexibility index (Phi) is 4.99. The summed E-state index contributed by atoms with van der Waals surface area (Å²) in [6, 6.07) is 0. The van der Waals surface area contributed by atoms with Crippen molar-refractivity contribution in [3.05, 3.63) is 11.6 Å². The molecule has 0 aliphatic carbocycles. The Balaban J connectivity index is 2.30. The summed E-state index contributed by atoms with van der Waals surface area (Å²) in [5, 5.41) is 0.943. The fourth-order valence-corrected chi connectivity index (χ4v) is 1.74. The Morgan fingerprint density at radius 1 is 1.62 bits per heavy atom. The van der Waals surface area contributed by atoms with Crippen molar-refractivity contribution in [2.45, 2.75) is 20.0 Å². The van der Waals surface area contributed by atoms with Crippen LogP contribution < -0.4 is 0 Å². The van der Waals surface area contributed by atoms with Crippen LogP contribution in [0.2, 0.25) is 0 Å². The van der Waals surface area contributed by atoms with Gasteiger partial charge < -0.3 is 4.74 Å². The lowest BCUT2D eigenvalue weighted by Crippen LogP contribution is -2.43. The maximum atomic E-state index is 5.55. The van der Waals surface area contributed by atoms with Gasteiger partial charge in [-0.2, -0.15) is 0 Å². The number of hydrogen-bond acceptors (Lipinski definition) is 2. The Morgan fingerprint density at radius 3 is 3.00 bits per heavy atom. The highest BCUT2D eigenvalue weighted by Crippen LogP contribution is 2.07. The molecule has 1 fully saturated rings. The summed E-state index contributed by atoms with van der Waals surface area (Å²) in [7, 11) is 0. The minimum atomic E-state index is 0.374. The van der Waals surface area contributed by atoms with Crippen LogP contribution in [0.3, 0.4) is 0 Å². The quantitative estimate of drug-likeness (QED) is 0.560. The van der Waals surface area contributed by atoms with Gasteiger partial charge in [0.05, 0.1) is 12.7 Å². The van der Waals surface area contributed by atoms with Crippen molar-refractivity contribution in [2.75, 3.05) is 31.6 Å². The summed E-state index contributed by atoms with van der Waals surface area (Å²) >= 11 is 3.45. The topological polar surface area (TPSA) is 12.5 Å². The molecular weight excluding hydrogens is 230 g/mol. The largest absolute Gasteiger partial charge is 0.375 e. The van der Waals surface area contributed by atoms with Gasteiger partial charge in [-0.25, -0.2) is 0 Å². The summed E-state index contributed by atoms with van der Waals surface area (Å²) in [5.74, 6) is 0. The number of ether oxygens (including phenoxy) is 1. The van der Waals surface area contributed by atoms with E-state index < -0.39 is 0 Å². The van der Waals surface area contributed by atoms with Gasteiger partial charge in [-0.3, -0.25) is 4.90 Å². The second-order valence-corrected chi connectivity index (χ2v) is 4.34. The second-order valence-electron chi connectivity index (χ2n) is 3.69. The first kappa shape index (κ1) is 11.2. The van der Waals surface area contributed by atoms with Gasteiger partial charge in [0.2, 0.25) is 0 Å². The molecule has 1 aliphatic rings. The monoisotopic (exact) mass is 247 g/mol. The summed E-state index contributed by atoms with van der Waals surface area (Å²) in [4.78, 5) is 2.43. The molecular formula is C10H18BrNO. The molecule has 0 radical (unpaired) electrons. The number of nitrogens with zero attached hydrogens (tertiary/aromatic N) is 1. The summed E-state index contributed by atoms with van der Waals surface area (Å²) < 4.78 is 5.55. The van der Waals surface area contributed by atoms with Gasteiger partial charge in [0.25, 0.3) is 0 Å². The zero-order valence-electron chi connectivity index (χ0n) is 8.42. The van der Waals surface area contributed by atoms with E-state index in [4.69, 9.17) is 4.74 Å². The van der Waals surface area contributed by atoms with E-state index in [-0.39, 0.29) is 0 Å². The number of hydrogen-bond donors (Lipinski definition) is 0. The maximum absolute atomic E-state index is 5.55. The molecule has 1 saturated heterocycles. The zero-order chi connectivity index (χ0) is 9.68. The molecule has 1 heterocycles. The van der Waals surface area contributed by atoms with Gasteiger partial charge in [0.15, 0.2) is 0 Å². The fraction of sp³-hybridized carbons (Fsp3) is 0.800. The minimum absolute atomic E-state index is 0.374. The number of halogens is 1. The van der Waals surface area contributed by atoms with E-state index in [2.05, 4.69) is 40.8 Å². The van der Waals surface area contributed by atoms with Gasteiger partial charge in [0.1, 0.15) is 0 Å². The van der Waals surface area contributed by atoms with Crippen LogP contribution in [0.4, 0.5) is 0 Å². The van der Waals surface area contributed by atoms with E-state index in [1.165, 1.54) is 5.57 Å². The van der Waals surface area contributed by atoms with Gasteiger partial charge in [-0.1, -0.05) is 27.6 Å². The van der Waals surface area contributed by atoms with Crippen molar-refractivity contribution >= 4 is 15.9 Å². The van der Waals surface area contributed by atoms with E-state index in [1.54, 1.807) is 0 Å². The fourth-order valence-electron chi connectivity index (χ4n) is 1.35. The predicted molar refractivity (Wildman–Crippen MR) is 59.4 cm³/mol. The molecule has 0 aromatic heterocycles. The van der Waals surface area contributed by atoms with E-state index in [0.717, 1.165) is 31.6 Å². The molecule has 0 saturated carbocycles. The van der Waals surface area contributed by atoms with Crippen molar-refractivity contribution in [3.63, 3.8) is 0 Å². The third-order valence-corrected chi connectivity index (χ3v) is 2.87. The van der Waals surface area contributed by atoms with Crippen LogP contribution in [0.5, 0.6) is 0 Å². The van der Waals surface area contributed by atoms with Crippen LogP contribution in [0.1, 0.15) is 13.8 Å². The summed E-state index contributed by atoms with van der Waals surface area (Å²) in [6.45, 7) is 8.33. The molecule has 0 aromatic carbocycles. The standard InChI is InChI=1S/C10H18BrNO/c1-9(2)3-4-12-5-6-13-10(7-11)8-12/h3,10H,4-8H2,1-2H3. The third-order valence-electron chi connectivity index (χ3n) is 2.15. The molecule has 1 atom stereocenters. The average molecular weight is 248 g/mol. The maximum Gasteiger partial charge on any atom is 0.0799 e. The molecule has 0 bridgehead atoms. The number of alkyl halides is 1. The molecule has 1 aliphatic heterocycles. The Labute approximate surface area is 89.1 Å². The van der Waals surface area contributed by atoms with Crippen LogP contribution in [-0.2, 0) is 4.74 Å². The van der Waals surface area contributed by atoms with E-state index in [1.807, 2.05) is 0 Å². The molecule has 13 heavy (non-hydrogen) atoms. The zero-order valence-corrected chi connectivity index (χ0v) is 10.0. The Bertz CT molecular complexity index is 178. The number of rotatable bonds is 3. The lowest BCUT2D eigenvalue weighted by molar-refractivity contribution is -0.0109. The number of morpholine rings is 1. The molecule has 0 N–H and O–H groups in total. The van der Waals surface area contributed by atoms with Crippen LogP contribution in [0.15, 0.2) is 11.6 Å². The van der Waals surface area contributed by atoms with Gasteiger partial charge in [0, 0.05) is 25.0 Å². The van der Waals surface area contributed by atoms with E-state index >= 15 is 0 Å². The molecule has 76 valence electrons. The molecule has 2 nitrogen and oxygen atoms in total. The normalized spacial score (nSPS) is 24.4. The smallest absolute Gasteiger partial charge is 0.0799 e. The summed E-state index contributed by atoms with van der Waals surface area (Å²) in [5.41, 5.74) is 1.39. The van der Waals surface area contributed by atoms with Gasteiger partial charge >= 0.3 is 0 Å². The molecule has 0 aromatic rings. The minimum Gasteiger partial charge on any atom is -0.375 e.